The smallest absolute Gasteiger partial charge is 0.226 e. The molecule has 0 radical (unpaired) electrons. The van der Waals surface area contributed by atoms with Crippen LogP contribution in [-0.2, 0) is 19.9 Å². The second kappa shape index (κ2) is 6.67. The van der Waals surface area contributed by atoms with E-state index in [4.69, 9.17) is 5.73 Å². The van der Waals surface area contributed by atoms with Crippen LogP contribution in [0.5, 0.6) is 0 Å². The Bertz CT molecular complexity index is 412. The minimum absolute atomic E-state index is 0.0736. The zero-order valence-corrected chi connectivity index (χ0v) is 12.1. The van der Waals surface area contributed by atoms with Crippen molar-refractivity contribution in [2.24, 2.45) is 11.7 Å². The van der Waals surface area contributed by atoms with Crippen LogP contribution in [0.1, 0.15) is 26.7 Å². The average Bonchev–Trinajstić information content (AvgIpc) is 2.13. The lowest BCUT2D eigenvalue weighted by atomic mass is 9.95. The van der Waals surface area contributed by atoms with Crippen molar-refractivity contribution in [1.82, 2.24) is 4.72 Å². The van der Waals surface area contributed by atoms with Crippen LogP contribution < -0.4 is 10.5 Å². The van der Waals surface area contributed by atoms with E-state index < -0.39 is 24.9 Å². The van der Waals surface area contributed by atoms with Gasteiger partial charge in [-0.3, -0.25) is 0 Å². The van der Waals surface area contributed by atoms with Crippen LogP contribution in [0.4, 0.5) is 0 Å². The van der Waals surface area contributed by atoms with Gasteiger partial charge in [-0.15, -0.1) is 0 Å². The van der Waals surface area contributed by atoms with Gasteiger partial charge >= 0.3 is 0 Å². The van der Waals surface area contributed by atoms with E-state index in [0.717, 1.165) is 19.1 Å². The second-order valence-corrected chi connectivity index (χ2v) is 8.56. The highest BCUT2D eigenvalue weighted by molar-refractivity contribution is 8.06. The van der Waals surface area contributed by atoms with Gasteiger partial charge in [0.05, 0.1) is 0 Å². The minimum Gasteiger partial charge on any atom is -0.326 e. The Morgan fingerprint density at radius 2 is 1.59 bits per heavy atom. The minimum atomic E-state index is -3.80. The van der Waals surface area contributed by atoms with Crippen LogP contribution in [0.15, 0.2) is 0 Å². The van der Waals surface area contributed by atoms with Gasteiger partial charge in [-0.05, 0) is 5.92 Å². The van der Waals surface area contributed by atoms with E-state index >= 15 is 0 Å². The van der Waals surface area contributed by atoms with Gasteiger partial charge in [0.15, 0.2) is 14.9 Å². The SMILES string of the molecule is CCC(CC)C(N)CNS(=O)(=O)CS(C)(=O)=O. The fourth-order valence-electron chi connectivity index (χ4n) is 1.61. The number of nitrogens with one attached hydrogen (secondary N) is 1. The number of sulfonamides is 1. The van der Waals surface area contributed by atoms with Gasteiger partial charge in [-0.25, -0.2) is 21.6 Å². The predicted octanol–water partition coefficient (Wildman–Crippen LogP) is -0.329. The van der Waals surface area contributed by atoms with Crippen molar-refractivity contribution in [3.63, 3.8) is 0 Å². The topological polar surface area (TPSA) is 106 Å². The number of rotatable bonds is 8. The summed E-state index contributed by atoms with van der Waals surface area (Å²) in [6.45, 7) is 4.04. The molecule has 0 amide bonds. The molecule has 0 aromatic heterocycles. The zero-order chi connectivity index (χ0) is 13.7. The molecular formula is C9H22N2O4S2. The molecule has 0 rings (SSSR count). The Hall–Kier alpha value is -0.180. The van der Waals surface area contributed by atoms with Crippen LogP contribution in [0.2, 0.25) is 0 Å². The molecule has 0 saturated carbocycles. The molecule has 17 heavy (non-hydrogen) atoms. The lowest BCUT2D eigenvalue weighted by molar-refractivity contribution is 0.393. The summed E-state index contributed by atoms with van der Waals surface area (Å²) in [5.74, 6) is 0.232. The predicted molar refractivity (Wildman–Crippen MR) is 68.7 cm³/mol. The molecule has 8 heteroatoms. The monoisotopic (exact) mass is 286 g/mol. The third-order valence-corrected chi connectivity index (χ3v) is 6.12. The largest absolute Gasteiger partial charge is 0.326 e. The number of sulfone groups is 1. The molecule has 1 unspecified atom stereocenters. The van der Waals surface area contributed by atoms with Crippen molar-refractivity contribution in [3.05, 3.63) is 0 Å². The first-order chi connectivity index (χ1) is 7.61. The molecule has 3 N–H and O–H groups in total. The van der Waals surface area contributed by atoms with E-state index in [1.807, 2.05) is 13.8 Å². The molecule has 0 aliphatic carbocycles. The van der Waals surface area contributed by atoms with Gasteiger partial charge in [0.1, 0.15) is 0 Å². The summed E-state index contributed by atoms with van der Waals surface area (Å²) in [7, 11) is -7.35. The Labute approximate surface area is 104 Å². The van der Waals surface area contributed by atoms with Crippen molar-refractivity contribution < 1.29 is 16.8 Å². The molecule has 0 aromatic rings. The van der Waals surface area contributed by atoms with Crippen molar-refractivity contribution in [2.75, 3.05) is 17.9 Å². The molecular weight excluding hydrogens is 264 g/mol. The summed E-state index contributed by atoms with van der Waals surface area (Å²) < 4.78 is 46.8. The quantitative estimate of drug-likeness (QED) is 0.635. The number of nitrogens with two attached hydrogens (primary N) is 1. The Balaban J connectivity index is 4.37. The molecule has 0 spiro atoms. The first-order valence-electron chi connectivity index (χ1n) is 5.52. The van der Waals surface area contributed by atoms with Crippen molar-refractivity contribution in [3.8, 4) is 0 Å². The van der Waals surface area contributed by atoms with Gasteiger partial charge in [0.2, 0.25) is 10.0 Å². The van der Waals surface area contributed by atoms with Gasteiger partial charge < -0.3 is 5.73 Å². The van der Waals surface area contributed by atoms with Crippen LogP contribution in [0.25, 0.3) is 0 Å². The Morgan fingerprint density at radius 3 is 1.94 bits per heavy atom. The lowest BCUT2D eigenvalue weighted by Gasteiger charge is -2.21. The summed E-state index contributed by atoms with van der Waals surface area (Å²) in [5.41, 5.74) is 5.83. The average molecular weight is 286 g/mol. The molecule has 0 aromatic carbocycles. The summed E-state index contributed by atoms with van der Waals surface area (Å²) in [6, 6.07) is -0.292. The molecule has 0 heterocycles. The molecule has 6 nitrogen and oxygen atoms in total. The number of hydrogen-bond acceptors (Lipinski definition) is 5. The molecule has 1 atom stereocenters. The fourth-order valence-corrected chi connectivity index (χ4v) is 4.64. The van der Waals surface area contributed by atoms with Gasteiger partial charge in [0, 0.05) is 18.8 Å². The van der Waals surface area contributed by atoms with Gasteiger partial charge in [-0.2, -0.15) is 0 Å². The maximum absolute atomic E-state index is 11.4. The van der Waals surface area contributed by atoms with Crippen LogP contribution in [-0.4, -0.2) is 40.8 Å². The van der Waals surface area contributed by atoms with Crippen LogP contribution in [0, 0.1) is 5.92 Å². The third kappa shape index (κ3) is 7.69. The standard InChI is InChI=1S/C9H22N2O4S2/c1-4-8(5-2)9(10)6-11-17(14,15)7-16(3,12)13/h8-9,11H,4-7,10H2,1-3H3. The molecule has 0 bridgehead atoms. The third-order valence-electron chi connectivity index (χ3n) is 2.56. The van der Waals surface area contributed by atoms with Crippen molar-refractivity contribution in [2.45, 2.75) is 32.7 Å². The highest BCUT2D eigenvalue weighted by Crippen LogP contribution is 2.10. The second-order valence-electron chi connectivity index (χ2n) is 4.25. The summed E-state index contributed by atoms with van der Waals surface area (Å²) in [6.07, 6.45) is 2.62. The van der Waals surface area contributed by atoms with Crippen LogP contribution >= 0.6 is 0 Å². The van der Waals surface area contributed by atoms with Gasteiger partial charge in [-0.1, -0.05) is 26.7 Å². The molecule has 0 aliphatic rings. The first-order valence-corrected chi connectivity index (χ1v) is 9.23. The summed E-state index contributed by atoms with van der Waals surface area (Å²) in [4.78, 5) is 0. The molecule has 104 valence electrons. The van der Waals surface area contributed by atoms with E-state index in [1.165, 1.54) is 0 Å². The van der Waals surface area contributed by atoms with Crippen LogP contribution in [0.3, 0.4) is 0 Å². The first kappa shape index (κ1) is 16.8. The van der Waals surface area contributed by atoms with Crippen molar-refractivity contribution >= 4 is 19.9 Å². The van der Waals surface area contributed by atoms with Crippen molar-refractivity contribution in [1.29, 1.82) is 0 Å². The fraction of sp³-hybridized carbons (Fsp3) is 1.00. The number of hydrogen-bond donors (Lipinski definition) is 2. The molecule has 0 fully saturated rings. The van der Waals surface area contributed by atoms with E-state index in [-0.39, 0.29) is 18.5 Å². The Morgan fingerprint density at radius 1 is 1.12 bits per heavy atom. The molecule has 0 aliphatic heterocycles. The normalized spacial score (nSPS) is 15.1. The summed E-state index contributed by atoms with van der Waals surface area (Å²) in [5, 5.41) is -0.893. The highest BCUT2D eigenvalue weighted by Gasteiger charge is 2.21. The lowest BCUT2D eigenvalue weighted by Crippen LogP contribution is -2.43. The molecule has 0 saturated heterocycles. The highest BCUT2D eigenvalue weighted by atomic mass is 32.3. The van der Waals surface area contributed by atoms with E-state index in [9.17, 15) is 16.8 Å². The van der Waals surface area contributed by atoms with E-state index in [1.54, 1.807) is 0 Å². The van der Waals surface area contributed by atoms with Gasteiger partial charge in [0.25, 0.3) is 0 Å². The summed E-state index contributed by atoms with van der Waals surface area (Å²) >= 11 is 0. The zero-order valence-electron chi connectivity index (χ0n) is 10.5. The maximum Gasteiger partial charge on any atom is 0.226 e. The van der Waals surface area contributed by atoms with E-state index in [2.05, 4.69) is 4.72 Å². The Kier molecular flexibility index (Phi) is 6.60. The maximum atomic E-state index is 11.4. The van der Waals surface area contributed by atoms with E-state index in [0.29, 0.717) is 0 Å².